The molecule has 0 heterocycles. The van der Waals surface area contributed by atoms with Crippen LogP contribution in [-0.2, 0) is 11.3 Å². The first-order chi connectivity index (χ1) is 10.2. The molecule has 1 atom stereocenters. The second-order valence-corrected chi connectivity index (χ2v) is 5.67. The predicted molar refractivity (Wildman–Crippen MR) is 87.3 cm³/mol. The van der Waals surface area contributed by atoms with Crippen LogP contribution in [0.2, 0.25) is 0 Å². The summed E-state index contributed by atoms with van der Waals surface area (Å²) in [7, 11) is 0. The van der Waals surface area contributed by atoms with Gasteiger partial charge in [0, 0.05) is 6.54 Å². The number of benzene rings is 1. The van der Waals surface area contributed by atoms with Crippen LogP contribution in [0.1, 0.15) is 63.9 Å². The average Bonchev–Trinajstić information content (AvgIpc) is 2.50. The Balaban J connectivity index is 2.17. The lowest BCUT2D eigenvalue weighted by Gasteiger charge is -2.14. The fourth-order valence-electron chi connectivity index (χ4n) is 2.46. The zero-order chi connectivity index (χ0) is 15.3. The number of carbonyl (C=O) groups is 1. The summed E-state index contributed by atoms with van der Waals surface area (Å²) in [5, 5.41) is 12.4. The van der Waals surface area contributed by atoms with Gasteiger partial charge in [-0.1, -0.05) is 82.2 Å². The Morgan fingerprint density at radius 3 is 2.29 bits per heavy atom. The molecule has 0 aliphatic rings. The normalized spacial score (nSPS) is 12.2. The quantitative estimate of drug-likeness (QED) is 0.562. The van der Waals surface area contributed by atoms with E-state index in [4.69, 9.17) is 0 Å². The fraction of sp³-hybridized carbons (Fsp3) is 0.611. The third kappa shape index (κ3) is 8.51. The van der Waals surface area contributed by atoms with Crippen molar-refractivity contribution < 1.29 is 9.90 Å². The molecule has 1 aromatic rings. The minimum atomic E-state index is -0.739. The molecule has 0 amide bonds. The summed E-state index contributed by atoms with van der Waals surface area (Å²) in [6.07, 6.45) is 9.25. The van der Waals surface area contributed by atoms with Crippen LogP contribution < -0.4 is 5.32 Å². The Kier molecular flexibility index (Phi) is 9.55. The van der Waals surface area contributed by atoms with Crippen molar-refractivity contribution in [2.45, 2.75) is 70.9 Å². The first-order valence-corrected chi connectivity index (χ1v) is 8.24. The molecule has 118 valence electrons. The Morgan fingerprint density at radius 1 is 1.05 bits per heavy atom. The van der Waals surface area contributed by atoms with Gasteiger partial charge in [0.15, 0.2) is 0 Å². The van der Waals surface area contributed by atoms with Gasteiger partial charge >= 0.3 is 5.97 Å². The maximum absolute atomic E-state index is 11.3. The molecule has 3 nitrogen and oxygen atoms in total. The SMILES string of the molecule is CCCCCCCCCC(NCc1ccccc1)C(=O)O. The number of rotatable bonds is 12. The number of hydrogen-bond donors (Lipinski definition) is 2. The van der Waals surface area contributed by atoms with Crippen molar-refractivity contribution in [1.82, 2.24) is 5.32 Å². The van der Waals surface area contributed by atoms with E-state index >= 15 is 0 Å². The molecule has 0 fully saturated rings. The third-order valence-corrected chi connectivity index (χ3v) is 3.79. The van der Waals surface area contributed by atoms with Gasteiger partial charge < -0.3 is 10.4 Å². The monoisotopic (exact) mass is 291 g/mol. The lowest BCUT2D eigenvalue weighted by Crippen LogP contribution is -2.36. The molecular weight excluding hydrogens is 262 g/mol. The van der Waals surface area contributed by atoms with Crippen LogP contribution in [0.5, 0.6) is 0 Å². The second-order valence-electron chi connectivity index (χ2n) is 5.67. The summed E-state index contributed by atoms with van der Waals surface area (Å²) < 4.78 is 0. The van der Waals surface area contributed by atoms with Gasteiger partial charge in [0.2, 0.25) is 0 Å². The van der Waals surface area contributed by atoms with Crippen molar-refractivity contribution in [1.29, 1.82) is 0 Å². The molecule has 0 aromatic heterocycles. The van der Waals surface area contributed by atoms with Gasteiger partial charge in [0.25, 0.3) is 0 Å². The van der Waals surface area contributed by atoms with Gasteiger partial charge in [0.05, 0.1) is 0 Å². The van der Waals surface area contributed by atoms with E-state index in [1.807, 2.05) is 30.3 Å². The van der Waals surface area contributed by atoms with E-state index in [-0.39, 0.29) is 0 Å². The molecule has 0 bridgehead atoms. The molecule has 0 radical (unpaired) electrons. The zero-order valence-corrected chi connectivity index (χ0v) is 13.2. The molecule has 1 rings (SSSR count). The van der Waals surface area contributed by atoms with Crippen LogP contribution in [0.4, 0.5) is 0 Å². The van der Waals surface area contributed by atoms with Crippen LogP contribution in [0.15, 0.2) is 30.3 Å². The maximum Gasteiger partial charge on any atom is 0.320 e. The van der Waals surface area contributed by atoms with Crippen LogP contribution in [0.25, 0.3) is 0 Å². The molecule has 1 aromatic carbocycles. The van der Waals surface area contributed by atoms with Crippen LogP contribution in [0, 0.1) is 0 Å². The molecule has 0 aliphatic carbocycles. The average molecular weight is 291 g/mol. The summed E-state index contributed by atoms with van der Waals surface area (Å²) in [5.74, 6) is -0.739. The molecule has 3 heteroatoms. The van der Waals surface area contributed by atoms with E-state index in [1.165, 1.54) is 32.1 Å². The third-order valence-electron chi connectivity index (χ3n) is 3.79. The molecule has 0 saturated heterocycles. The van der Waals surface area contributed by atoms with Gasteiger partial charge in [-0.05, 0) is 12.0 Å². The minimum absolute atomic E-state index is 0.430. The van der Waals surface area contributed by atoms with E-state index in [0.29, 0.717) is 6.54 Å². The lowest BCUT2D eigenvalue weighted by molar-refractivity contribution is -0.139. The topological polar surface area (TPSA) is 49.3 Å². The molecule has 0 spiro atoms. The van der Waals surface area contributed by atoms with Crippen molar-refractivity contribution in [3.63, 3.8) is 0 Å². The van der Waals surface area contributed by atoms with E-state index in [1.54, 1.807) is 0 Å². The van der Waals surface area contributed by atoms with Crippen LogP contribution in [-0.4, -0.2) is 17.1 Å². The van der Waals surface area contributed by atoms with Crippen molar-refractivity contribution in [3.05, 3.63) is 35.9 Å². The standard InChI is InChI=1S/C18H29NO2/c1-2-3-4-5-6-7-11-14-17(18(20)21)19-15-16-12-9-8-10-13-16/h8-10,12-13,17,19H,2-7,11,14-15H2,1H3,(H,20,21). The highest BCUT2D eigenvalue weighted by molar-refractivity contribution is 5.73. The number of nitrogens with one attached hydrogen (secondary N) is 1. The van der Waals surface area contributed by atoms with E-state index in [0.717, 1.165) is 24.8 Å². The Bertz CT molecular complexity index is 378. The summed E-state index contributed by atoms with van der Waals surface area (Å²) in [5.41, 5.74) is 1.13. The highest BCUT2D eigenvalue weighted by Gasteiger charge is 2.15. The molecule has 1 unspecified atom stereocenters. The van der Waals surface area contributed by atoms with Gasteiger partial charge in [-0.3, -0.25) is 4.79 Å². The van der Waals surface area contributed by atoms with Gasteiger partial charge in [0.1, 0.15) is 6.04 Å². The first kappa shape index (κ1) is 17.7. The highest BCUT2D eigenvalue weighted by atomic mass is 16.4. The number of carboxylic acids is 1. The van der Waals surface area contributed by atoms with Gasteiger partial charge in [-0.15, -0.1) is 0 Å². The summed E-state index contributed by atoms with van der Waals surface area (Å²) in [6, 6.07) is 9.52. The van der Waals surface area contributed by atoms with Gasteiger partial charge in [-0.2, -0.15) is 0 Å². The number of unbranched alkanes of at least 4 members (excludes halogenated alkanes) is 6. The number of aliphatic carboxylic acids is 1. The van der Waals surface area contributed by atoms with Crippen LogP contribution >= 0.6 is 0 Å². The van der Waals surface area contributed by atoms with Crippen molar-refractivity contribution in [3.8, 4) is 0 Å². The maximum atomic E-state index is 11.3. The van der Waals surface area contributed by atoms with Crippen molar-refractivity contribution in [2.24, 2.45) is 0 Å². The smallest absolute Gasteiger partial charge is 0.320 e. The summed E-state index contributed by atoms with van der Waals surface area (Å²) >= 11 is 0. The Labute approximate surface area is 128 Å². The molecular formula is C18H29NO2. The minimum Gasteiger partial charge on any atom is -0.480 e. The van der Waals surface area contributed by atoms with E-state index < -0.39 is 12.0 Å². The highest BCUT2D eigenvalue weighted by Crippen LogP contribution is 2.10. The largest absolute Gasteiger partial charge is 0.480 e. The summed E-state index contributed by atoms with van der Waals surface area (Å²) in [4.78, 5) is 11.3. The number of carboxylic acid groups (broad SMARTS) is 1. The van der Waals surface area contributed by atoms with Gasteiger partial charge in [-0.25, -0.2) is 0 Å². The summed E-state index contributed by atoms with van der Waals surface area (Å²) in [6.45, 7) is 2.84. The second kappa shape index (κ2) is 11.3. The Morgan fingerprint density at radius 2 is 1.67 bits per heavy atom. The van der Waals surface area contributed by atoms with E-state index in [2.05, 4.69) is 12.2 Å². The lowest BCUT2D eigenvalue weighted by atomic mass is 10.0. The molecule has 0 saturated carbocycles. The van der Waals surface area contributed by atoms with Crippen molar-refractivity contribution >= 4 is 5.97 Å². The van der Waals surface area contributed by atoms with Crippen molar-refractivity contribution in [2.75, 3.05) is 0 Å². The van der Waals surface area contributed by atoms with E-state index in [9.17, 15) is 9.90 Å². The molecule has 0 aliphatic heterocycles. The fourth-order valence-corrected chi connectivity index (χ4v) is 2.46. The Hall–Kier alpha value is -1.35. The molecule has 21 heavy (non-hydrogen) atoms. The first-order valence-electron chi connectivity index (χ1n) is 8.24. The number of hydrogen-bond acceptors (Lipinski definition) is 2. The molecule has 2 N–H and O–H groups in total. The zero-order valence-electron chi connectivity index (χ0n) is 13.2. The predicted octanol–water partition coefficient (Wildman–Crippen LogP) is 4.37. The van der Waals surface area contributed by atoms with Crippen LogP contribution in [0.3, 0.4) is 0 Å².